The van der Waals surface area contributed by atoms with Crippen LogP contribution in [0.1, 0.15) is 28.9 Å². The van der Waals surface area contributed by atoms with Gasteiger partial charge in [-0.15, -0.1) is 0 Å². The molecular weight excluding hydrogens is 482 g/mol. The molecule has 1 N–H and O–H groups in total. The molecule has 0 aliphatic rings. The van der Waals surface area contributed by atoms with Gasteiger partial charge in [-0.1, -0.05) is 17.3 Å². The Morgan fingerprint density at radius 1 is 0.971 bits per heavy atom. The summed E-state index contributed by atoms with van der Waals surface area (Å²) >= 11 is 0. The van der Waals surface area contributed by atoms with Crippen molar-refractivity contribution in [3.05, 3.63) is 70.5 Å². The third-order valence-corrected chi connectivity index (χ3v) is 4.58. The molecule has 0 radical (unpaired) electrons. The number of alkyl halides is 6. The molecule has 0 aliphatic carbocycles. The topological polar surface area (TPSA) is 72.6 Å². The number of nitrogens with zero attached hydrogens (tertiary/aromatic N) is 1. The molecule has 3 aromatic rings. The summed E-state index contributed by atoms with van der Waals surface area (Å²) in [6.45, 7) is -1.09. The normalized spacial score (nSPS) is 12.1. The highest BCUT2D eigenvalue weighted by Crippen LogP contribution is 2.38. The van der Waals surface area contributed by atoms with Crippen molar-refractivity contribution in [3.8, 4) is 17.0 Å². The minimum absolute atomic E-state index is 0.0175. The number of halogens is 8. The Balaban J connectivity index is 1.93. The van der Waals surface area contributed by atoms with Crippen LogP contribution < -0.4 is 4.74 Å². The van der Waals surface area contributed by atoms with Crippen molar-refractivity contribution < 1.29 is 54.3 Å². The Morgan fingerprint density at radius 3 is 2.06 bits per heavy atom. The van der Waals surface area contributed by atoms with Crippen LogP contribution in [0, 0.1) is 11.6 Å². The number of benzene rings is 2. The number of hydrogen-bond donors (Lipinski definition) is 1. The first kappa shape index (κ1) is 25.0. The van der Waals surface area contributed by atoms with Crippen LogP contribution >= 0.6 is 0 Å². The number of carboxylic acids is 1. The summed E-state index contributed by atoms with van der Waals surface area (Å²) in [5, 5.41) is 11.9. The number of ether oxygens (including phenoxy) is 1. The van der Waals surface area contributed by atoms with E-state index in [1.807, 2.05) is 0 Å². The lowest BCUT2D eigenvalue weighted by molar-refractivity contribution is -0.156. The highest BCUT2D eigenvalue weighted by molar-refractivity contribution is 5.67. The predicted molar refractivity (Wildman–Crippen MR) is 98.6 cm³/mol. The molecule has 2 aromatic carbocycles. The van der Waals surface area contributed by atoms with Gasteiger partial charge in [0.05, 0.1) is 11.1 Å². The summed E-state index contributed by atoms with van der Waals surface area (Å²) in [5.41, 5.74) is -2.58. The third-order valence-electron chi connectivity index (χ3n) is 4.58. The second-order valence-corrected chi connectivity index (χ2v) is 6.98. The van der Waals surface area contributed by atoms with Gasteiger partial charge in [-0.3, -0.25) is 4.79 Å². The molecule has 182 valence electrons. The first-order valence-electron chi connectivity index (χ1n) is 9.33. The molecule has 0 aliphatic heterocycles. The van der Waals surface area contributed by atoms with Crippen LogP contribution in [-0.4, -0.2) is 16.2 Å². The molecule has 5 nitrogen and oxygen atoms in total. The van der Waals surface area contributed by atoms with Crippen molar-refractivity contribution >= 4 is 5.97 Å². The Labute approximate surface area is 185 Å². The maximum Gasteiger partial charge on any atom is 0.452 e. The van der Waals surface area contributed by atoms with Gasteiger partial charge in [-0.05, 0) is 36.2 Å². The Morgan fingerprint density at radius 2 is 1.56 bits per heavy atom. The van der Waals surface area contributed by atoms with E-state index in [4.69, 9.17) is 9.84 Å². The van der Waals surface area contributed by atoms with E-state index in [2.05, 4.69) is 9.68 Å². The molecule has 3 rings (SSSR count). The molecule has 0 fully saturated rings. The van der Waals surface area contributed by atoms with Gasteiger partial charge < -0.3 is 14.4 Å². The molecular formula is C21H13F8NO4. The molecule has 1 aromatic heterocycles. The van der Waals surface area contributed by atoms with Gasteiger partial charge in [-0.25, -0.2) is 8.78 Å². The van der Waals surface area contributed by atoms with E-state index >= 15 is 0 Å². The number of rotatable bonds is 7. The average molecular weight is 495 g/mol. The summed E-state index contributed by atoms with van der Waals surface area (Å²) in [7, 11) is 0. The Kier molecular flexibility index (Phi) is 6.84. The monoisotopic (exact) mass is 495 g/mol. The predicted octanol–water partition coefficient (Wildman–Crippen LogP) is 6.25. The first-order chi connectivity index (χ1) is 15.8. The smallest absolute Gasteiger partial charge is 0.452 e. The molecule has 0 atom stereocenters. The number of aliphatic carboxylic acids is 1. The number of aromatic nitrogens is 1. The largest absolute Gasteiger partial charge is 0.483 e. The highest BCUT2D eigenvalue weighted by atomic mass is 19.4. The van der Waals surface area contributed by atoms with Crippen LogP contribution in [0.3, 0.4) is 0 Å². The lowest BCUT2D eigenvalue weighted by Crippen LogP contribution is -2.10. The van der Waals surface area contributed by atoms with Crippen molar-refractivity contribution in [1.82, 2.24) is 5.16 Å². The van der Waals surface area contributed by atoms with Crippen molar-refractivity contribution in [3.63, 3.8) is 0 Å². The quantitative estimate of drug-likeness (QED) is 0.392. The lowest BCUT2D eigenvalue weighted by atomic mass is 10.0. The fourth-order valence-corrected chi connectivity index (χ4v) is 3.00. The molecule has 0 bridgehead atoms. The van der Waals surface area contributed by atoms with Crippen LogP contribution in [-0.2, 0) is 30.2 Å². The second-order valence-electron chi connectivity index (χ2n) is 6.98. The van der Waals surface area contributed by atoms with Gasteiger partial charge in [0.15, 0.2) is 17.4 Å². The summed E-state index contributed by atoms with van der Waals surface area (Å²) in [6.07, 6.45) is -10.4. The molecule has 13 heteroatoms. The summed E-state index contributed by atoms with van der Waals surface area (Å²) in [4.78, 5) is 10.6. The maximum atomic E-state index is 14.3. The van der Waals surface area contributed by atoms with E-state index in [0.717, 1.165) is 24.3 Å². The summed E-state index contributed by atoms with van der Waals surface area (Å²) in [6, 6.07) is 4.52. The minimum atomic E-state index is -5.09. The Bertz CT molecular complexity index is 1160. The summed E-state index contributed by atoms with van der Waals surface area (Å²) < 4.78 is 116. The van der Waals surface area contributed by atoms with E-state index in [9.17, 15) is 39.9 Å². The zero-order valence-electron chi connectivity index (χ0n) is 16.7. The number of carbonyl (C=O) groups is 1. The SMILES string of the molecule is O=C(O)CCc1cc(F)c(OCc2c(-c3ccc(C(F)(F)F)cc3)noc2C(F)(F)F)c(F)c1. The van der Waals surface area contributed by atoms with Crippen LogP contribution in [0.15, 0.2) is 40.9 Å². The summed E-state index contributed by atoms with van der Waals surface area (Å²) in [5.74, 6) is -6.47. The molecule has 0 unspecified atom stereocenters. The maximum absolute atomic E-state index is 14.3. The Hall–Kier alpha value is -3.64. The standard InChI is InChI=1S/C21H13F8NO4/c22-14-7-10(1-6-16(31)32)8-15(23)18(14)33-9-13-17(30-34-19(13)21(27,28)29)11-2-4-12(5-3-11)20(24,25)26/h2-5,7-8H,1,6,9H2,(H,31,32). The zero-order valence-corrected chi connectivity index (χ0v) is 16.7. The van der Waals surface area contributed by atoms with Crippen LogP contribution in [0.2, 0.25) is 0 Å². The lowest BCUT2D eigenvalue weighted by Gasteiger charge is -2.12. The molecule has 0 amide bonds. The number of carboxylic acid groups (broad SMARTS) is 1. The van der Waals surface area contributed by atoms with Crippen molar-refractivity contribution in [2.75, 3.05) is 0 Å². The van der Waals surface area contributed by atoms with Gasteiger partial charge in [0.2, 0.25) is 5.76 Å². The molecule has 34 heavy (non-hydrogen) atoms. The van der Waals surface area contributed by atoms with Gasteiger partial charge in [-0.2, -0.15) is 26.3 Å². The number of aryl methyl sites for hydroxylation is 1. The minimum Gasteiger partial charge on any atom is -0.483 e. The van der Waals surface area contributed by atoms with Gasteiger partial charge in [0.1, 0.15) is 12.3 Å². The van der Waals surface area contributed by atoms with E-state index in [1.165, 1.54) is 0 Å². The van der Waals surface area contributed by atoms with Gasteiger partial charge >= 0.3 is 18.3 Å². The van der Waals surface area contributed by atoms with E-state index in [-0.39, 0.29) is 17.5 Å². The van der Waals surface area contributed by atoms with Crippen molar-refractivity contribution in [2.45, 2.75) is 31.8 Å². The number of hydrogen-bond acceptors (Lipinski definition) is 4. The third kappa shape index (κ3) is 5.64. The van der Waals surface area contributed by atoms with Crippen LogP contribution in [0.5, 0.6) is 5.75 Å². The highest BCUT2D eigenvalue weighted by Gasteiger charge is 2.41. The second kappa shape index (κ2) is 9.31. The van der Waals surface area contributed by atoms with Gasteiger partial charge in [0.25, 0.3) is 0 Å². The van der Waals surface area contributed by atoms with Crippen LogP contribution in [0.4, 0.5) is 35.1 Å². The van der Waals surface area contributed by atoms with E-state index in [0.29, 0.717) is 12.1 Å². The molecule has 1 heterocycles. The van der Waals surface area contributed by atoms with Crippen LogP contribution in [0.25, 0.3) is 11.3 Å². The molecule has 0 spiro atoms. The molecule has 0 saturated carbocycles. The van der Waals surface area contributed by atoms with Crippen molar-refractivity contribution in [1.29, 1.82) is 0 Å². The van der Waals surface area contributed by atoms with Crippen molar-refractivity contribution in [2.24, 2.45) is 0 Å². The fourth-order valence-electron chi connectivity index (χ4n) is 3.00. The van der Waals surface area contributed by atoms with Gasteiger partial charge in [0, 0.05) is 12.0 Å². The first-order valence-corrected chi connectivity index (χ1v) is 9.33. The fraction of sp³-hybridized carbons (Fsp3) is 0.238. The van der Waals surface area contributed by atoms with E-state index < -0.39 is 71.3 Å². The van der Waals surface area contributed by atoms with E-state index in [1.54, 1.807) is 0 Å². The zero-order chi connectivity index (χ0) is 25.3. The molecule has 0 saturated heterocycles. The average Bonchev–Trinajstić information content (AvgIpc) is 3.15.